The molecule has 0 radical (unpaired) electrons. The highest BCUT2D eigenvalue weighted by atomic mass is 35.5. The third-order valence-electron chi connectivity index (χ3n) is 5.23. The SMILES string of the molecule is CON(C)S(=O)(=O)c1cc(C(=O)NCC(c2ccco2)N2CCCCC2)ccc1Cl. The van der Waals surface area contributed by atoms with Crippen molar-refractivity contribution in [2.75, 3.05) is 33.8 Å². The zero-order valence-electron chi connectivity index (χ0n) is 17.0. The van der Waals surface area contributed by atoms with Gasteiger partial charge in [0.2, 0.25) is 0 Å². The number of nitrogens with one attached hydrogen (secondary N) is 1. The molecule has 3 rings (SSSR count). The molecule has 0 bridgehead atoms. The van der Waals surface area contributed by atoms with Crippen molar-refractivity contribution in [2.45, 2.75) is 30.2 Å². The number of benzene rings is 1. The van der Waals surface area contributed by atoms with E-state index in [-0.39, 0.29) is 21.5 Å². The molecule has 1 unspecified atom stereocenters. The number of hydrogen-bond acceptors (Lipinski definition) is 6. The molecule has 1 aromatic heterocycles. The fraction of sp³-hybridized carbons (Fsp3) is 0.450. The molecule has 1 saturated heterocycles. The normalized spacial score (nSPS) is 16.5. The van der Waals surface area contributed by atoms with Crippen LogP contribution in [0.25, 0.3) is 0 Å². The van der Waals surface area contributed by atoms with E-state index in [9.17, 15) is 13.2 Å². The molecule has 0 saturated carbocycles. The number of amides is 1. The van der Waals surface area contributed by atoms with Crippen LogP contribution in [0.5, 0.6) is 0 Å². The third-order valence-corrected chi connectivity index (χ3v) is 7.39. The largest absolute Gasteiger partial charge is 0.468 e. The first-order valence-corrected chi connectivity index (χ1v) is 11.5. The smallest absolute Gasteiger partial charge is 0.266 e. The average Bonchev–Trinajstić information content (AvgIpc) is 3.28. The lowest BCUT2D eigenvalue weighted by atomic mass is 10.1. The first kappa shape index (κ1) is 22.8. The van der Waals surface area contributed by atoms with E-state index in [0.29, 0.717) is 11.0 Å². The Morgan fingerprint density at radius 2 is 2.03 bits per heavy atom. The number of furan rings is 1. The van der Waals surface area contributed by atoms with Crippen LogP contribution in [0.15, 0.2) is 45.9 Å². The van der Waals surface area contributed by atoms with Crippen molar-refractivity contribution in [1.29, 1.82) is 0 Å². The van der Waals surface area contributed by atoms with E-state index >= 15 is 0 Å². The van der Waals surface area contributed by atoms with Crippen LogP contribution in [-0.4, -0.2) is 57.5 Å². The van der Waals surface area contributed by atoms with Crippen molar-refractivity contribution in [3.05, 3.63) is 52.9 Å². The van der Waals surface area contributed by atoms with Gasteiger partial charge in [0.25, 0.3) is 15.9 Å². The minimum atomic E-state index is -3.98. The molecule has 1 aliphatic heterocycles. The first-order chi connectivity index (χ1) is 14.3. The van der Waals surface area contributed by atoms with Crippen molar-refractivity contribution in [2.24, 2.45) is 0 Å². The van der Waals surface area contributed by atoms with Gasteiger partial charge in [-0.2, -0.15) is 0 Å². The molecule has 1 amide bonds. The summed E-state index contributed by atoms with van der Waals surface area (Å²) >= 11 is 6.07. The molecule has 2 heterocycles. The van der Waals surface area contributed by atoms with Gasteiger partial charge in [-0.25, -0.2) is 8.42 Å². The molecule has 2 aromatic rings. The third kappa shape index (κ3) is 5.04. The van der Waals surface area contributed by atoms with Gasteiger partial charge in [0.15, 0.2) is 0 Å². The predicted octanol–water partition coefficient (Wildman–Crippen LogP) is 3.07. The molecule has 0 spiro atoms. The second kappa shape index (κ2) is 9.93. The summed E-state index contributed by atoms with van der Waals surface area (Å²) in [6, 6.07) is 7.79. The van der Waals surface area contributed by atoms with Crippen molar-refractivity contribution < 1.29 is 22.5 Å². The van der Waals surface area contributed by atoms with Gasteiger partial charge in [-0.05, 0) is 56.3 Å². The number of nitrogens with zero attached hydrogens (tertiary/aromatic N) is 2. The van der Waals surface area contributed by atoms with Gasteiger partial charge < -0.3 is 9.73 Å². The van der Waals surface area contributed by atoms with E-state index in [4.69, 9.17) is 20.9 Å². The number of piperidine rings is 1. The molecule has 1 aromatic carbocycles. The number of hydrogen-bond donors (Lipinski definition) is 1. The summed E-state index contributed by atoms with van der Waals surface area (Å²) < 4.78 is 31.4. The zero-order valence-corrected chi connectivity index (χ0v) is 18.6. The number of sulfonamides is 1. The number of likely N-dealkylation sites (tertiary alicyclic amines) is 1. The molecule has 10 heteroatoms. The molecule has 1 fully saturated rings. The highest BCUT2D eigenvalue weighted by Gasteiger charge is 2.27. The lowest BCUT2D eigenvalue weighted by Gasteiger charge is -2.33. The Balaban J connectivity index is 1.77. The molecule has 1 N–H and O–H groups in total. The number of carbonyl (C=O) groups excluding carboxylic acids is 1. The van der Waals surface area contributed by atoms with Gasteiger partial charge in [0.1, 0.15) is 10.7 Å². The summed E-state index contributed by atoms with van der Waals surface area (Å²) in [5.41, 5.74) is 0.194. The average molecular weight is 456 g/mol. The zero-order chi connectivity index (χ0) is 21.7. The minimum Gasteiger partial charge on any atom is -0.468 e. The summed E-state index contributed by atoms with van der Waals surface area (Å²) in [7, 11) is -1.50. The van der Waals surface area contributed by atoms with Crippen LogP contribution in [0.1, 0.15) is 41.4 Å². The Bertz CT molecular complexity index is 959. The molecule has 30 heavy (non-hydrogen) atoms. The van der Waals surface area contributed by atoms with Crippen LogP contribution < -0.4 is 5.32 Å². The maximum atomic E-state index is 12.8. The van der Waals surface area contributed by atoms with Crippen LogP contribution in [0.3, 0.4) is 0 Å². The summed E-state index contributed by atoms with van der Waals surface area (Å²) in [6.45, 7) is 2.22. The van der Waals surface area contributed by atoms with Gasteiger partial charge in [0, 0.05) is 19.2 Å². The summed E-state index contributed by atoms with van der Waals surface area (Å²) in [6.07, 6.45) is 5.04. The molecular formula is C20H26ClN3O5S. The summed E-state index contributed by atoms with van der Waals surface area (Å²) in [4.78, 5) is 19.7. The molecule has 0 aliphatic carbocycles. The monoisotopic (exact) mass is 455 g/mol. The number of carbonyl (C=O) groups is 1. The molecular weight excluding hydrogens is 430 g/mol. The Labute approximate surface area is 181 Å². The molecule has 8 nitrogen and oxygen atoms in total. The topological polar surface area (TPSA) is 92.1 Å². The first-order valence-electron chi connectivity index (χ1n) is 9.73. The quantitative estimate of drug-likeness (QED) is 0.615. The van der Waals surface area contributed by atoms with Crippen LogP contribution in [0.4, 0.5) is 0 Å². The van der Waals surface area contributed by atoms with E-state index in [1.165, 1.54) is 38.8 Å². The van der Waals surface area contributed by atoms with E-state index in [0.717, 1.165) is 31.7 Å². The van der Waals surface area contributed by atoms with E-state index in [1.54, 1.807) is 6.26 Å². The molecule has 1 atom stereocenters. The second-order valence-corrected chi connectivity index (χ2v) is 9.39. The van der Waals surface area contributed by atoms with Crippen LogP contribution in [0.2, 0.25) is 5.02 Å². The Morgan fingerprint density at radius 3 is 2.67 bits per heavy atom. The fourth-order valence-corrected chi connectivity index (χ4v) is 4.96. The van der Waals surface area contributed by atoms with E-state index in [1.807, 2.05) is 12.1 Å². The summed E-state index contributed by atoms with van der Waals surface area (Å²) in [5.74, 6) is 0.398. The van der Waals surface area contributed by atoms with E-state index < -0.39 is 15.9 Å². The molecule has 1 aliphatic rings. The molecule has 164 valence electrons. The Hall–Kier alpha value is -1.91. The number of rotatable bonds is 8. The Morgan fingerprint density at radius 1 is 1.30 bits per heavy atom. The number of hydroxylamine groups is 1. The van der Waals surface area contributed by atoms with Crippen molar-refractivity contribution in [3.63, 3.8) is 0 Å². The van der Waals surface area contributed by atoms with Crippen molar-refractivity contribution >= 4 is 27.5 Å². The fourth-order valence-electron chi connectivity index (χ4n) is 3.49. The maximum absolute atomic E-state index is 12.8. The van der Waals surface area contributed by atoms with Gasteiger partial charge in [0.05, 0.1) is 24.4 Å². The van der Waals surface area contributed by atoms with Gasteiger partial charge in [-0.1, -0.05) is 22.5 Å². The van der Waals surface area contributed by atoms with Gasteiger partial charge in [-0.3, -0.25) is 14.5 Å². The lowest BCUT2D eigenvalue weighted by molar-refractivity contribution is -0.0258. The van der Waals surface area contributed by atoms with E-state index in [2.05, 4.69) is 10.2 Å². The van der Waals surface area contributed by atoms with Crippen LogP contribution in [0, 0.1) is 0 Å². The summed E-state index contributed by atoms with van der Waals surface area (Å²) in [5, 5.41) is 2.91. The van der Waals surface area contributed by atoms with Crippen LogP contribution in [-0.2, 0) is 14.9 Å². The number of halogens is 1. The predicted molar refractivity (Wildman–Crippen MR) is 113 cm³/mol. The van der Waals surface area contributed by atoms with Crippen molar-refractivity contribution in [1.82, 2.24) is 14.7 Å². The highest BCUT2D eigenvalue weighted by Crippen LogP contribution is 2.27. The Kier molecular flexibility index (Phi) is 7.54. The van der Waals surface area contributed by atoms with Gasteiger partial charge in [-0.15, -0.1) is 0 Å². The lowest BCUT2D eigenvalue weighted by Crippen LogP contribution is -2.40. The van der Waals surface area contributed by atoms with Gasteiger partial charge >= 0.3 is 0 Å². The van der Waals surface area contributed by atoms with Crippen LogP contribution >= 0.6 is 11.6 Å². The maximum Gasteiger partial charge on any atom is 0.266 e. The van der Waals surface area contributed by atoms with Crippen molar-refractivity contribution in [3.8, 4) is 0 Å². The minimum absolute atomic E-state index is 0.0113. The second-order valence-electron chi connectivity index (χ2n) is 7.08. The highest BCUT2D eigenvalue weighted by molar-refractivity contribution is 7.89. The standard InChI is InChI=1S/C20H26ClN3O5S/c1-23(28-2)30(26,27)19-13-15(8-9-16(19)21)20(25)22-14-17(18-7-6-12-29-18)24-10-4-3-5-11-24/h6-9,12-13,17H,3-5,10-11,14H2,1-2H3,(H,22,25).